The largest absolute Gasteiger partial charge is 0.465 e. The van der Waals surface area contributed by atoms with E-state index in [0.29, 0.717) is 11.3 Å². The minimum Gasteiger partial charge on any atom is -0.465 e. The molecule has 0 atom stereocenters. The van der Waals surface area contributed by atoms with E-state index in [4.69, 9.17) is 10.2 Å². The van der Waals surface area contributed by atoms with Crippen LogP contribution in [-0.4, -0.2) is 34.4 Å². The molecule has 0 aliphatic heterocycles. The Morgan fingerprint density at radius 1 is 1.37 bits per heavy atom. The summed E-state index contributed by atoms with van der Waals surface area (Å²) < 4.78 is 12.8. The fourth-order valence-electron chi connectivity index (χ4n) is 1.51. The van der Waals surface area contributed by atoms with Gasteiger partial charge in [-0.3, -0.25) is 4.90 Å². The molecular weight excluding hydrogens is 271 g/mol. The zero-order valence-corrected chi connectivity index (χ0v) is 10.6. The zero-order valence-electron chi connectivity index (χ0n) is 9.78. The third-order valence-corrected chi connectivity index (χ3v) is 3.28. The van der Waals surface area contributed by atoms with Crippen LogP contribution in [0, 0.1) is 5.82 Å². The molecule has 1 aromatic carbocycles. The molecule has 19 heavy (non-hydrogen) atoms. The molecule has 100 valence electrons. The molecule has 0 saturated heterocycles. The first-order chi connectivity index (χ1) is 9.11. The van der Waals surface area contributed by atoms with Crippen LogP contribution in [0.5, 0.6) is 0 Å². The first-order valence-corrected chi connectivity index (χ1v) is 6.32. The van der Waals surface area contributed by atoms with Crippen molar-refractivity contribution in [1.82, 2.24) is 4.98 Å². The number of aliphatic hydroxyl groups is 1. The minimum absolute atomic E-state index is 0.0360. The van der Waals surface area contributed by atoms with Crippen molar-refractivity contribution in [1.29, 1.82) is 0 Å². The van der Waals surface area contributed by atoms with Gasteiger partial charge in [0.25, 0.3) is 0 Å². The van der Waals surface area contributed by atoms with Crippen LogP contribution in [0.2, 0.25) is 0 Å². The van der Waals surface area contributed by atoms with Crippen molar-refractivity contribution in [2.75, 3.05) is 18.1 Å². The van der Waals surface area contributed by atoms with E-state index in [1.54, 1.807) is 17.5 Å². The van der Waals surface area contributed by atoms with Gasteiger partial charge in [0.15, 0.2) is 5.13 Å². The highest BCUT2D eigenvalue weighted by Gasteiger charge is 2.17. The number of aromatic nitrogens is 1. The summed E-state index contributed by atoms with van der Waals surface area (Å²) in [4.78, 5) is 16.2. The first kappa shape index (κ1) is 13.4. The molecule has 0 saturated carbocycles. The highest BCUT2D eigenvalue weighted by Crippen LogP contribution is 2.27. The summed E-state index contributed by atoms with van der Waals surface area (Å²) in [5.74, 6) is -0.341. The Morgan fingerprint density at radius 3 is 2.63 bits per heavy atom. The molecule has 0 fully saturated rings. The van der Waals surface area contributed by atoms with Crippen LogP contribution >= 0.6 is 11.3 Å². The number of benzene rings is 1. The third kappa shape index (κ3) is 3.07. The van der Waals surface area contributed by atoms with Gasteiger partial charge in [0, 0.05) is 10.9 Å². The Kier molecular flexibility index (Phi) is 4.08. The lowest BCUT2D eigenvalue weighted by molar-refractivity contribution is 0.198. The molecule has 0 radical (unpaired) electrons. The van der Waals surface area contributed by atoms with Crippen molar-refractivity contribution in [2.45, 2.75) is 0 Å². The monoisotopic (exact) mass is 282 g/mol. The van der Waals surface area contributed by atoms with Gasteiger partial charge in [-0.25, -0.2) is 14.2 Å². The van der Waals surface area contributed by atoms with Crippen LogP contribution in [-0.2, 0) is 0 Å². The maximum Gasteiger partial charge on any atom is 0.413 e. The van der Waals surface area contributed by atoms with Crippen LogP contribution in [0.1, 0.15) is 0 Å². The van der Waals surface area contributed by atoms with Gasteiger partial charge in [-0.05, 0) is 24.3 Å². The van der Waals surface area contributed by atoms with Gasteiger partial charge in [-0.15, -0.1) is 11.3 Å². The second kappa shape index (κ2) is 5.77. The summed E-state index contributed by atoms with van der Waals surface area (Å²) >= 11 is 1.15. The molecule has 0 aliphatic rings. The maximum atomic E-state index is 12.8. The number of nitrogens with zero attached hydrogens (tertiary/aromatic N) is 2. The molecular formula is C12H11FN2O3S. The Hall–Kier alpha value is -1.99. The lowest BCUT2D eigenvalue weighted by Gasteiger charge is -2.13. The molecule has 0 spiro atoms. The average Bonchev–Trinajstić information content (AvgIpc) is 2.85. The van der Waals surface area contributed by atoms with Gasteiger partial charge < -0.3 is 10.2 Å². The number of amides is 1. The van der Waals surface area contributed by atoms with Crippen molar-refractivity contribution in [3.8, 4) is 11.3 Å². The molecule has 2 N–H and O–H groups in total. The molecule has 7 heteroatoms. The zero-order chi connectivity index (χ0) is 13.8. The van der Waals surface area contributed by atoms with E-state index in [-0.39, 0.29) is 24.1 Å². The van der Waals surface area contributed by atoms with Crippen molar-refractivity contribution in [3.63, 3.8) is 0 Å². The smallest absolute Gasteiger partial charge is 0.413 e. The number of aliphatic hydroxyl groups excluding tert-OH is 1. The number of thiazole rings is 1. The summed E-state index contributed by atoms with van der Waals surface area (Å²) in [6.45, 7) is -0.316. The van der Waals surface area contributed by atoms with Crippen molar-refractivity contribution < 1.29 is 19.4 Å². The van der Waals surface area contributed by atoms with Crippen LogP contribution in [0.15, 0.2) is 29.6 Å². The van der Waals surface area contributed by atoms with E-state index in [2.05, 4.69) is 4.98 Å². The SMILES string of the molecule is O=C(O)N(CCO)c1nc(-c2ccc(F)cc2)cs1. The highest BCUT2D eigenvalue weighted by atomic mass is 32.1. The molecule has 5 nitrogen and oxygen atoms in total. The summed E-state index contributed by atoms with van der Waals surface area (Å²) in [7, 11) is 0. The fraction of sp³-hybridized carbons (Fsp3) is 0.167. The van der Waals surface area contributed by atoms with E-state index >= 15 is 0 Å². The minimum atomic E-state index is -1.17. The number of rotatable bonds is 4. The molecule has 0 aliphatic carbocycles. The number of hydrogen-bond acceptors (Lipinski definition) is 4. The van der Waals surface area contributed by atoms with Crippen molar-refractivity contribution in [2.24, 2.45) is 0 Å². The van der Waals surface area contributed by atoms with E-state index in [9.17, 15) is 9.18 Å². The predicted octanol–water partition coefficient (Wildman–Crippen LogP) is 2.43. The van der Waals surface area contributed by atoms with Crippen LogP contribution in [0.25, 0.3) is 11.3 Å². The molecule has 0 unspecified atom stereocenters. The summed E-state index contributed by atoms with van der Waals surface area (Å²) in [6.07, 6.45) is -1.17. The number of halogens is 1. The van der Waals surface area contributed by atoms with Crippen molar-refractivity contribution >= 4 is 22.6 Å². The van der Waals surface area contributed by atoms with Crippen molar-refractivity contribution in [3.05, 3.63) is 35.5 Å². The second-order valence-electron chi connectivity index (χ2n) is 3.68. The fourth-order valence-corrected chi connectivity index (χ4v) is 2.37. The summed E-state index contributed by atoms with van der Waals surface area (Å²) in [6, 6.07) is 5.78. The van der Waals surface area contributed by atoms with Gasteiger partial charge in [-0.2, -0.15) is 0 Å². The Labute approximate surface area is 112 Å². The van der Waals surface area contributed by atoms with E-state index < -0.39 is 6.09 Å². The topological polar surface area (TPSA) is 73.7 Å². The molecule has 1 amide bonds. The van der Waals surface area contributed by atoms with Gasteiger partial charge in [0.1, 0.15) is 5.82 Å². The Morgan fingerprint density at radius 2 is 2.05 bits per heavy atom. The number of hydrogen-bond donors (Lipinski definition) is 2. The molecule has 2 aromatic rings. The molecule has 2 rings (SSSR count). The van der Waals surface area contributed by atoms with E-state index in [0.717, 1.165) is 16.2 Å². The lowest BCUT2D eigenvalue weighted by Crippen LogP contribution is -2.31. The summed E-state index contributed by atoms with van der Waals surface area (Å²) in [5, 5.41) is 19.8. The highest BCUT2D eigenvalue weighted by molar-refractivity contribution is 7.14. The quantitative estimate of drug-likeness (QED) is 0.903. The average molecular weight is 282 g/mol. The van der Waals surface area contributed by atoms with Gasteiger partial charge in [0.2, 0.25) is 0 Å². The van der Waals surface area contributed by atoms with Crippen LogP contribution in [0.4, 0.5) is 14.3 Å². The number of carbonyl (C=O) groups is 1. The third-order valence-electron chi connectivity index (χ3n) is 2.42. The molecule has 1 aromatic heterocycles. The Bertz CT molecular complexity index is 571. The van der Waals surface area contributed by atoms with Crippen LogP contribution in [0.3, 0.4) is 0 Å². The summed E-state index contributed by atoms with van der Waals surface area (Å²) in [5.41, 5.74) is 1.28. The van der Waals surface area contributed by atoms with Gasteiger partial charge >= 0.3 is 6.09 Å². The molecule has 0 bridgehead atoms. The maximum absolute atomic E-state index is 12.8. The lowest BCUT2D eigenvalue weighted by atomic mass is 10.2. The predicted molar refractivity (Wildman–Crippen MR) is 70.0 cm³/mol. The molecule has 1 heterocycles. The van der Waals surface area contributed by atoms with Gasteiger partial charge in [0.05, 0.1) is 18.8 Å². The number of anilines is 1. The first-order valence-electron chi connectivity index (χ1n) is 5.44. The van der Waals surface area contributed by atoms with E-state index in [1.165, 1.54) is 12.1 Å². The normalized spacial score (nSPS) is 10.4. The second-order valence-corrected chi connectivity index (χ2v) is 4.52. The van der Waals surface area contributed by atoms with E-state index in [1.807, 2.05) is 0 Å². The standard InChI is InChI=1S/C12H11FN2O3S/c13-9-3-1-8(2-4-9)10-7-19-11(14-10)15(5-6-16)12(17)18/h1-4,7,16H,5-6H2,(H,17,18). The Balaban J connectivity index is 2.27. The number of carboxylic acid groups (broad SMARTS) is 1. The van der Waals surface area contributed by atoms with Gasteiger partial charge in [-0.1, -0.05) is 0 Å². The van der Waals surface area contributed by atoms with Crippen LogP contribution < -0.4 is 4.90 Å².